The molecule has 1 nitrogen and oxygen atoms in total. The molecule has 0 aliphatic heterocycles. The van der Waals surface area contributed by atoms with Crippen molar-refractivity contribution in [1.29, 1.82) is 0 Å². The number of fused-ring (bicyclic) bond motifs is 5. The van der Waals surface area contributed by atoms with Crippen molar-refractivity contribution in [2.24, 2.45) is 0 Å². The van der Waals surface area contributed by atoms with Gasteiger partial charge in [0, 0.05) is 21.8 Å². The first-order chi connectivity index (χ1) is 23.3. The Labute approximate surface area is 272 Å². The summed E-state index contributed by atoms with van der Waals surface area (Å²) in [6.45, 7) is 0. The summed E-state index contributed by atoms with van der Waals surface area (Å²) in [5.41, 5.74) is 11.0. The number of hydrogen-bond acceptors (Lipinski definition) is 0. The van der Waals surface area contributed by atoms with Crippen LogP contribution in [0.3, 0.4) is 0 Å². The van der Waals surface area contributed by atoms with Gasteiger partial charge in [-0.05, 0) is 96.7 Å². The molecule has 0 radical (unpaired) electrons. The van der Waals surface area contributed by atoms with E-state index >= 15 is 0 Å². The molecule has 0 N–H and O–H groups in total. The predicted molar refractivity (Wildman–Crippen MR) is 201 cm³/mol. The van der Waals surface area contributed by atoms with E-state index in [1.807, 2.05) is 0 Å². The largest absolute Gasteiger partial charge is 0.309 e. The van der Waals surface area contributed by atoms with Gasteiger partial charge in [0.15, 0.2) is 0 Å². The standard InChI is InChI=1S/C46H29N/c1-3-11-30(12-4-1)35-27-36(31-13-5-2-6-14-31)29-37(28-35)32-23-25-38(26-24-32)47-42-20-8-7-17-39(42)45-40-18-9-15-33-21-22-34-16-10-19-41(46(45)47)44(34)43(33)40/h1-29H. The van der Waals surface area contributed by atoms with E-state index < -0.39 is 0 Å². The van der Waals surface area contributed by atoms with E-state index in [1.165, 1.54) is 87.5 Å². The van der Waals surface area contributed by atoms with Gasteiger partial charge in [-0.1, -0.05) is 140 Å². The highest BCUT2D eigenvalue weighted by Gasteiger charge is 2.20. The van der Waals surface area contributed by atoms with E-state index in [9.17, 15) is 0 Å². The fraction of sp³-hybridized carbons (Fsp3) is 0. The monoisotopic (exact) mass is 595 g/mol. The summed E-state index contributed by atoms with van der Waals surface area (Å²) in [7, 11) is 0. The number of rotatable bonds is 4. The van der Waals surface area contributed by atoms with Gasteiger partial charge in [-0.15, -0.1) is 0 Å². The third-order valence-electron chi connectivity index (χ3n) is 9.89. The molecule has 10 aromatic rings. The third kappa shape index (κ3) is 3.97. The van der Waals surface area contributed by atoms with Crippen LogP contribution in [0.2, 0.25) is 0 Å². The van der Waals surface area contributed by atoms with Gasteiger partial charge in [0.05, 0.1) is 11.0 Å². The lowest BCUT2D eigenvalue weighted by atomic mass is 9.91. The van der Waals surface area contributed by atoms with E-state index in [-0.39, 0.29) is 0 Å². The average Bonchev–Trinajstić information content (AvgIpc) is 3.50. The van der Waals surface area contributed by atoms with Crippen molar-refractivity contribution in [3.63, 3.8) is 0 Å². The highest BCUT2D eigenvalue weighted by Crippen LogP contribution is 2.45. The minimum absolute atomic E-state index is 1.16. The molecule has 0 spiro atoms. The van der Waals surface area contributed by atoms with Gasteiger partial charge in [-0.25, -0.2) is 0 Å². The number of para-hydroxylation sites is 1. The van der Waals surface area contributed by atoms with Gasteiger partial charge < -0.3 is 4.57 Å². The van der Waals surface area contributed by atoms with Crippen molar-refractivity contribution in [2.45, 2.75) is 0 Å². The Balaban J connectivity index is 1.21. The molecular formula is C46H29N. The molecule has 9 aromatic carbocycles. The van der Waals surface area contributed by atoms with Crippen molar-refractivity contribution >= 4 is 54.1 Å². The van der Waals surface area contributed by atoms with Crippen molar-refractivity contribution < 1.29 is 0 Å². The smallest absolute Gasteiger partial charge is 0.0626 e. The lowest BCUT2D eigenvalue weighted by molar-refractivity contribution is 1.19. The maximum Gasteiger partial charge on any atom is 0.0626 e. The van der Waals surface area contributed by atoms with Gasteiger partial charge >= 0.3 is 0 Å². The van der Waals surface area contributed by atoms with Crippen LogP contribution in [0.5, 0.6) is 0 Å². The Morgan fingerprint density at radius 2 is 0.787 bits per heavy atom. The molecule has 0 atom stereocenters. The molecule has 0 unspecified atom stereocenters. The van der Waals surface area contributed by atoms with Crippen LogP contribution >= 0.6 is 0 Å². The molecule has 47 heavy (non-hydrogen) atoms. The molecule has 0 bridgehead atoms. The molecule has 218 valence electrons. The van der Waals surface area contributed by atoms with Gasteiger partial charge in [0.25, 0.3) is 0 Å². The highest BCUT2D eigenvalue weighted by atomic mass is 15.0. The Kier molecular flexibility index (Phi) is 5.64. The summed E-state index contributed by atoms with van der Waals surface area (Å²) in [6, 6.07) is 64.4. The molecule has 0 aliphatic rings. The van der Waals surface area contributed by atoms with Crippen LogP contribution in [0.25, 0.3) is 93.2 Å². The van der Waals surface area contributed by atoms with E-state index in [1.54, 1.807) is 0 Å². The second-order valence-corrected chi connectivity index (χ2v) is 12.5. The highest BCUT2D eigenvalue weighted by molar-refractivity contribution is 6.37. The van der Waals surface area contributed by atoms with Crippen molar-refractivity contribution in [1.82, 2.24) is 4.57 Å². The Bertz CT molecular complexity index is 2690. The molecule has 0 fully saturated rings. The lowest BCUT2D eigenvalue weighted by Gasteiger charge is -2.15. The van der Waals surface area contributed by atoms with E-state index in [0.717, 1.165) is 5.69 Å². The maximum absolute atomic E-state index is 2.48. The Morgan fingerprint density at radius 1 is 0.298 bits per heavy atom. The molecule has 10 rings (SSSR count). The zero-order valence-corrected chi connectivity index (χ0v) is 25.7. The van der Waals surface area contributed by atoms with Crippen LogP contribution < -0.4 is 0 Å². The van der Waals surface area contributed by atoms with Crippen LogP contribution in [0.4, 0.5) is 0 Å². The Morgan fingerprint density at radius 3 is 1.40 bits per heavy atom. The molecule has 0 saturated carbocycles. The van der Waals surface area contributed by atoms with Crippen LogP contribution in [-0.2, 0) is 0 Å². The first-order valence-corrected chi connectivity index (χ1v) is 16.3. The van der Waals surface area contributed by atoms with Crippen molar-refractivity contribution in [2.75, 3.05) is 0 Å². The minimum Gasteiger partial charge on any atom is -0.309 e. The quantitative estimate of drug-likeness (QED) is 0.178. The normalized spacial score (nSPS) is 11.8. The predicted octanol–water partition coefficient (Wildman–Crippen LogP) is 12.7. The summed E-state index contributed by atoms with van der Waals surface area (Å²) < 4.78 is 2.48. The molecule has 0 saturated heterocycles. The van der Waals surface area contributed by atoms with Crippen LogP contribution in [-0.4, -0.2) is 4.57 Å². The van der Waals surface area contributed by atoms with Crippen molar-refractivity contribution in [3.05, 3.63) is 176 Å². The third-order valence-corrected chi connectivity index (χ3v) is 9.89. The van der Waals surface area contributed by atoms with Crippen LogP contribution in [0.15, 0.2) is 176 Å². The molecule has 0 aliphatic carbocycles. The topological polar surface area (TPSA) is 4.93 Å². The van der Waals surface area contributed by atoms with E-state index in [4.69, 9.17) is 0 Å². The second kappa shape index (κ2) is 10.2. The second-order valence-electron chi connectivity index (χ2n) is 12.5. The van der Waals surface area contributed by atoms with Crippen LogP contribution in [0, 0.1) is 0 Å². The number of aromatic nitrogens is 1. The van der Waals surface area contributed by atoms with Crippen LogP contribution in [0.1, 0.15) is 0 Å². The Hall–Kier alpha value is -6.18. The fourth-order valence-electron chi connectivity index (χ4n) is 7.79. The first kappa shape index (κ1) is 26.1. The fourth-order valence-corrected chi connectivity index (χ4v) is 7.79. The summed E-state index contributed by atoms with van der Waals surface area (Å²) >= 11 is 0. The van der Waals surface area contributed by atoms with E-state index in [2.05, 4.69) is 180 Å². The van der Waals surface area contributed by atoms with Gasteiger partial charge in [0.1, 0.15) is 0 Å². The summed E-state index contributed by atoms with van der Waals surface area (Å²) in [5, 5.41) is 10.5. The minimum atomic E-state index is 1.16. The zero-order chi connectivity index (χ0) is 30.9. The number of hydrogen-bond donors (Lipinski definition) is 0. The van der Waals surface area contributed by atoms with Gasteiger partial charge in [-0.2, -0.15) is 0 Å². The van der Waals surface area contributed by atoms with Crippen molar-refractivity contribution in [3.8, 4) is 39.1 Å². The summed E-state index contributed by atoms with van der Waals surface area (Å²) in [6.07, 6.45) is 0. The SMILES string of the molecule is c1ccc(-c2cc(-c3ccccc3)cc(-c3ccc(-n4c5ccccc5c5c6cccc7ccc8cccc(c8c76)c54)cc3)c2)cc1. The number of benzene rings is 9. The number of nitrogens with zero attached hydrogens (tertiary/aromatic N) is 1. The van der Waals surface area contributed by atoms with Gasteiger partial charge in [-0.3, -0.25) is 0 Å². The maximum atomic E-state index is 2.48. The lowest BCUT2D eigenvalue weighted by Crippen LogP contribution is -1.95. The molecular weight excluding hydrogens is 567 g/mol. The molecule has 1 heterocycles. The van der Waals surface area contributed by atoms with Gasteiger partial charge in [0.2, 0.25) is 0 Å². The van der Waals surface area contributed by atoms with E-state index in [0.29, 0.717) is 0 Å². The first-order valence-electron chi connectivity index (χ1n) is 16.3. The average molecular weight is 596 g/mol. The summed E-state index contributed by atoms with van der Waals surface area (Å²) in [5.74, 6) is 0. The molecule has 0 amide bonds. The zero-order valence-electron chi connectivity index (χ0n) is 25.7. The molecule has 1 heteroatoms. The molecule has 1 aromatic heterocycles. The summed E-state index contributed by atoms with van der Waals surface area (Å²) in [4.78, 5) is 0.